The zero-order valence-electron chi connectivity index (χ0n) is 24.2. The highest BCUT2D eigenvalue weighted by molar-refractivity contribution is 6.24. The molecule has 0 radical (unpaired) electrons. The number of phenols is 1. The molecule has 1 aromatic rings. The average molecular weight is 555 g/mol. The molecule has 40 heavy (non-hydrogen) atoms. The standard InChI is InChI=1S/C31H38O9/c1-9-16(33)11-17-13(4)10-18-14(5)29(7)22(25(36)20(18)23(17)34)27(38)31(40)26(37)19(15(6)32)24(35)21(12(2)3)30(31,8)28(29)39/h10,12,14,21,28,34,36-37,39-40H,9,11H2,1-8H3/t14-,21?,28-,29+,30+,31+/m1/s1. The van der Waals surface area contributed by atoms with E-state index < -0.39 is 80.3 Å². The largest absolute Gasteiger partial charge is 0.508 e. The summed E-state index contributed by atoms with van der Waals surface area (Å²) in [5, 5.41) is 58.6. The fourth-order valence-electron chi connectivity index (χ4n) is 7.71. The van der Waals surface area contributed by atoms with E-state index in [9.17, 15) is 44.7 Å². The maximum Gasteiger partial charge on any atom is 0.203 e. The molecule has 3 aliphatic carbocycles. The lowest BCUT2D eigenvalue weighted by Gasteiger charge is -2.63. The van der Waals surface area contributed by atoms with Gasteiger partial charge in [0.15, 0.2) is 17.2 Å². The Hall–Kier alpha value is -3.30. The molecule has 9 nitrogen and oxygen atoms in total. The van der Waals surface area contributed by atoms with E-state index >= 15 is 0 Å². The van der Waals surface area contributed by atoms with Crippen LogP contribution in [0.3, 0.4) is 0 Å². The van der Waals surface area contributed by atoms with Gasteiger partial charge in [-0.25, -0.2) is 0 Å². The Morgan fingerprint density at radius 2 is 1.68 bits per heavy atom. The van der Waals surface area contributed by atoms with Crippen molar-refractivity contribution in [2.45, 2.75) is 85.9 Å². The summed E-state index contributed by atoms with van der Waals surface area (Å²) in [4.78, 5) is 52.8. The van der Waals surface area contributed by atoms with Gasteiger partial charge in [0.25, 0.3) is 0 Å². The first-order valence-corrected chi connectivity index (χ1v) is 13.6. The quantitative estimate of drug-likeness (QED) is 0.342. The Labute approximate surface area is 233 Å². The smallest absolute Gasteiger partial charge is 0.203 e. The maximum absolute atomic E-state index is 14.4. The van der Waals surface area contributed by atoms with Crippen LogP contribution in [-0.4, -0.2) is 60.4 Å². The van der Waals surface area contributed by atoms with Crippen molar-refractivity contribution >= 4 is 28.9 Å². The number of carbonyl (C=O) groups is 4. The molecule has 0 spiro atoms. The van der Waals surface area contributed by atoms with Gasteiger partial charge in [0.05, 0.1) is 17.2 Å². The Morgan fingerprint density at radius 3 is 2.17 bits per heavy atom. The maximum atomic E-state index is 14.4. The lowest BCUT2D eigenvalue weighted by molar-refractivity contribution is -0.215. The van der Waals surface area contributed by atoms with Crippen molar-refractivity contribution in [3.63, 3.8) is 0 Å². The Bertz CT molecular complexity index is 1450. The number of carbonyl (C=O) groups excluding carboxylic acids is 4. The molecule has 0 saturated heterocycles. The first-order chi connectivity index (χ1) is 18.4. The molecule has 0 heterocycles. The predicted octanol–water partition coefficient (Wildman–Crippen LogP) is 3.55. The second kappa shape index (κ2) is 9.11. The van der Waals surface area contributed by atoms with Crippen LogP contribution in [0.5, 0.6) is 5.75 Å². The van der Waals surface area contributed by atoms with Crippen LogP contribution in [0.4, 0.5) is 0 Å². The molecular weight excluding hydrogens is 516 g/mol. The van der Waals surface area contributed by atoms with Gasteiger partial charge in [-0.3, -0.25) is 19.2 Å². The number of hydrogen-bond donors (Lipinski definition) is 5. The Kier molecular flexibility index (Phi) is 6.76. The molecule has 216 valence electrons. The summed E-state index contributed by atoms with van der Waals surface area (Å²) in [6.07, 6.45) is -1.55. The topological polar surface area (TPSA) is 169 Å². The highest BCUT2D eigenvalue weighted by Gasteiger charge is 2.77. The van der Waals surface area contributed by atoms with Crippen molar-refractivity contribution < 1.29 is 44.7 Å². The van der Waals surface area contributed by atoms with E-state index in [2.05, 4.69) is 0 Å². The number of ketones is 4. The van der Waals surface area contributed by atoms with E-state index in [1.54, 1.807) is 47.6 Å². The third kappa shape index (κ3) is 3.27. The molecule has 0 amide bonds. The van der Waals surface area contributed by atoms with Crippen LogP contribution in [-0.2, 0) is 25.6 Å². The van der Waals surface area contributed by atoms with Crippen molar-refractivity contribution in [3.8, 4) is 5.75 Å². The number of benzene rings is 1. The Balaban J connectivity index is 2.14. The molecular formula is C31H38O9. The lowest BCUT2D eigenvalue weighted by Crippen LogP contribution is -2.75. The van der Waals surface area contributed by atoms with Crippen LogP contribution in [0.2, 0.25) is 0 Å². The van der Waals surface area contributed by atoms with Crippen molar-refractivity contribution in [1.82, 2.24) is 0 Å². The number of phenolic OH excluding ortho intramolecular Hbond substituents is 1. The van der Waals surface area contributed by atoms with Gasteiger partial charge in [0.1, 0.15) is 28.6 Å². The molecule has 5 N–H and O–H groups in total. The first kappa shape index (κ1) is 29.7. The van der Waals surface area contributed by atoms with Crippen LogP contribution in [0.25, 0.3) is 5.76 Å². The molecule has 1 aromatic carbocycles. The zero-order valence-corrected chi connectivity index (χ0v) is 24.2. The van der Waals surface area contributed by atoms with Gasteiger partial charge < -0.3 is 25.5 Å². The number of rotatable bonds is 5. The minimum atomic E-state index is -2.93. The molecule has 1 saturated carbocycles. The fraction of sp³-hybridized carbons (Fsp3) is 0.548. The third-order valence-electron chi connectivity index (χ3n) is 10.1. The minimum Gasteiger partial charge on any atom is -0.508 e. The van der Waals surface area contributed by atoms with E-state index in [0.717, 1.165) is 6.92 Å². The summed E-state index contributed by atoms with van der Waals surface area (Å²) in [6.45, 7) is 12.4. The number of fused-ring (bicyclic) bond motifs is 3. The normalized spacial score (nSPS) is 33.6. The molecule has 0 aromatic heterocycles. The van der Waals surface area contributed by atoms with Crippen LogP contribution in [0.15, 0.2) is 23.0 Å². The lowest BCUT2D eigenvalue weighted by atomic mass is 9.40. The summed E-state index contributed by atoms with van der Waals surface area (Å²) in [5.74, 6) is -7.72. The highest BCUT2D eigenvalue weighted by Crippen LogP contribution is 2.67. The highest BCUT2D eigenvalue weighted by atomic mass is 16.4. The number of aliphatic hydroxyl groups excluding tert-OH is 3. The van der Waals surface area contributed by atoms with Gasteiger partial charge in [-0.1, -0.05) is 47.6 Å². The summed E-state index contributed by atoms with van der Waals surface area (Å²) in [7, 11) is 0. The molecule has 4 rings (SSSR count). The molecule has 9 heteroatoms. The van der Waals surface area contributed by atoms with Gasteiger partial charge in [-0.15, -0.1) is 0 Å². The summed E-state index contributed by atoms with van der Waals surface area (Å²) in [5.41, 5.74) is -6.47. The van der Waals surface area contributed by atoms with Gasteiger partial charge >= 0.3 is 0 Å². The molecule has 0 aliphatic heterocycles. The number of aliphatic hydroxyl groups is 4. The van der Waals surface area contributed by atoms with E-state index in [1.165, 1.54) is 6.92 Å². The van der Waals surface area contributed by atoms with Crippen LogP contribution >= 0.6 is 0 Å². The zero-order chi connectivity index (χ0) is 30.4. The number of Topliss-reactive ketones (excluding diaryl/α,β-unsaturated/α-hetero) is 4. The van der Waals surface area contributed by atoms with Crippen molar-refractivity contribution in [2.24, 2.45) is 22.7 Å². The molecule has 3 aliphatic rings. The minimum absolute atomic E-state index is 0.0974. The Morgan fingerprint density at radius 1 is 1.10 bits per heavy atom. The van der Waals surface area contributed by atoms with E-state index in [1.807, 2.05) is 0 Å². The average Bonchev–Trinajstić information content (AvgIpc) is 2.86. The second-order valence-electron chi connectivity index (χ2n) is 12.4. The fourth-order valence-corrected chi connectivity index (χ4v) is 7.71. The molecule has 0 bridgehead atoms. The number of aryl methyl sites for hydroxylation is 1. The number of allylic oxidation sites excluding steroid dienone is 1. The van der Waals surface area contributed by atoms with E-state index in [4.69, 9.17) is 0 Å². The van der Waals surface area contributed by atoms with Crippen molar-refractivity contribution in [1.29, 1.82) is 0 Å². The number of aromatic hydroxyl groups is 1. The number of hydrogen-bond acceptors (Lipinski definition) is 9. The van der Waals surface area contributed by atoms with Gasteiger partial charge in [0, 0.05) is 35.2 Å². The van der Waals surface area contributed by atoms with E-state index in [0.29, 0.717) is 11.1 Å². The van der Waals surface area contributed by atoms with Gasteiger partial charge in [-0.05, 0) is 36.8 Å². The SMILES string of the molecule is CCC(=O)Cc1c(C)cc2c(c1O)C(O)=C1C(=O)[C@@]3(O)C(O)=C(C(C)=O)C(=O)C(C(C)C)[C@@]3(C)[C@H](O)[C@@]1(C)[C@@H]2C. The van der Waals surface area contributed by atoms with Crippen LogP contribution in [0.1, 0.15) is 83.1 Å². The third-order valence-corrected chi connectivity index (χ3v) is 10.1. The summed E-state index contributed by atoms with van der Waals surface area (Å²) in [6, 6.07) is 1.70. The van der Waals surface area contributed by atoms with Gasteiger partial charge in [0.2, 0.25) is 5.78 Å². The monoisotopic (exact) mass is 554 g/mol. The van der Waals surface area contributed by atoms with Crippen LogP contribution in [0, 0.1) is 29.6 Å². The molecule has 6 atom stereocenters. The summed E-state index contributed by atoms with van der Waals surface area (Å²) < 4.78 is 0. The molecule has 1 fully saturated rings. The first-order valence-electron chi connectivity index (χ1n) is 13.6. The van der Waals surface area contributed by atoms with E-state index in [-0.39, 0.29) is 35.5 Å². The summed E-state index contributed by atoms with van der Waals surface area (Å²) >= 11 is 0. The van der Waals surface area contributed by atoms with Crippen molar-refractivity contribution in [3.05, 3.63) is 45.2 Å². The predicted molar refractivity (Wildman–Crippen MR) is 146 cm³/mol. The van der Waals surface area contributed by atoms with Crippen LogP contribution < -0.4 is 0 Å². The second-order valence-corrected chi connectivity index (χ2v) is 12.4. The molecule has 1 unspecified atom stereocenters. The van der Waals surface area contributed by atoms with Crippen molar-refractivity contribution in [2.75, 3.05) is 0 Å². The van der Waals surface area contributed by atoms with Gasteiger partial charge in [-0.2, -0.15) is 0 Å².